The van der Waals surface area contributed by atoms with Gasteiger partial charge in [0, 0.05) is 17.7 Å². The zero-order valence-electron chi connectivity index (χ0n) is 14.0. The van der Waals surface area contributed by atoms with Crippen LogP contribution in [-0.2, 0) is 11.2 Å². The van der Waals surface area contributed by atoms with Gasteiger partial charge in [-0.3, -0.25) is 4.79 Å². The summed E-state index contributed by atoms with van der Waals surface area (Å²) in [5, 5.41) is 0. The van der Waals surface area contributed by atoms with E-state index < -0.39 is 5.97 Å². The van der Waals surface area contributed by atoms with E-state index in [-0.39, 0.29) is 23.6 Å². The summed E-state index contributed by atoms with van der Waals surface area (Å²) in [7, 11) is 0. The van der Waals surface area contributed by atoms with Crippen LogP contribution in [0.15, 0.2) is 24.3 Å². The Morgan fingerprint density at radius 1 is 1.25 bits per heavy atom. The summed E-state index contributed by atoms with van der Waals surface area (Å²) in [5.41, 5.74) is 3.28. The highest BCUT2D eigenvalue weighted by Crippen LogP contribution is 2.35. The summed E-state index contributed by atoms with van der Waals surface area (Å²) >= 11 is 0. The van der Waals surface area contributed by atoms with E-state index in [0.29, 0.717) is 29.7 Å². The molecule has 0 fully saturated rings. The molecule has 1 N–H and O–H groups in total. The fourth-order valence-corrected chi connectivity index (χ4v) is 3.28. The molecule has 0 bridgehead atoms. The summed E-state index contributed by atoms with van der Waals surface area (Å²) < 4.78 is 18.3. The van der Waals surface area contributed by atoms with E-state index in [2.05, 4.69) is 4.98 Å². The zero-order chi connectivity index (χ0) is 17.4. The summed E-state index contributed by atoms with van der Waals surface area (Å²) in [6.07, 6.45) is 0.748. The predicted molar refractivity (Wildman–Crippen MR) is 87.9 cm³/mol. The van der Waals surface area contributed by atoms with E-state index in [0.717, 1.165) is 11.3 Å². The van der Waals surface area contributed by atoms with E-state index in [1.165, 1.54) is 12.1 Å². The Balaban J connectivity index is 1.92. The van der Waals surface area contributed by atoms with Crippen LogP contribution < -0.4 is 0 Å². The number of fused-ring (bicyclic) bond motifs is 1. The molecule has 0 amide bonds. The van der Waals surface area contributed by atoms with Crippen molar-refractivity contribution in [3.05, 3.63) is 58.2 Å². The Kier molecular flexibility index (Phi) is 4.26. The first-order valence-corrected chi connectivity index (χ1v) is 8.08. The number of aromatic nitrogens is 1. The number of benzene rings is 1. The number of ether oxygens (including phenoxy) is 1. The Morgan fingerprint density at radius 2 is 1.92 bits per heavy atom. The van der Waals surface area contributed by atoms with Crippen molar-refractivity contribution in [2.45, 2.75) is 45.6 Å². The molecule has 0 saturated heterocycles. The second kappa shape index (κ2) is 6.23. The average Bonchev–Trinajstić information content (AvgIpc) is 2.85. The first-order chi connectivity index (χ1) is 11.4. The second-order valence-electron chi connectivity index (χ2n) is 6.51. The maximum Gasteiger partial charge on any atom is 0.355 e. The normalized spacial score (nSPS) is 17.0. The van der Waals surface area contributed by atoms with Gasteiger partial charge in [0.2, 0.25) is 0 Å². The quantitative estimate of drug-likeness (QED) is 0.868. The molecule has 4 nitrogen and oxygen atoms in total. The van der Waals surface area contributed by atoms with Gasteiger partial charge in [-0.2, -0.15) is 0 Å². The van der Waals surface area contributed by atoms with Gasteiger partial charge in [-0.1, -0.05) is 12.1 Å². The van der Waals surface area contributed by atoms with Crippen LogP contribution in [0.2, 0.25) is 0 Å². The standard InChI is InChI=1S/C19H20FNO3/c1-10(2)24-19(23)18-11(3)17-15(21-18)8-13(9-16(17)22)12-4-6-14(20)7-5-12/h4-7,10,13,21H,8-9H2,1-3H3/t13-/m0/s1. The van der Waals surface area contributed by atoms with Crippen molar-refractivity contribution in [1.82, 2.24) is 4.98 Å². The van der Waals surface area contributed by atoms with Crippen molar-refractivity contribution in [3.63, 3.8) is 0 Å². The number of ketones is 1. The number of carbonyl (C=O) groups is 2. The summed E-state index contributed by atoms with van der Waals surface area (Å²) in [5.74, 6) is -0.750. The minimum absolute atomic E-state index is 0.00271. The molecule has 3 rings (SSSR count). The number of aromatic amines is 1. The van der Waals surface area contributed by atoms with Gasteiger partial charge in [0.25, 0.3) is 0 Å². The predicted octanol–water partition coefficient (Wildman–Crippen LogP) is 3.94. The maximum absolute atomic E-state index is 13.1. The molecule has 0 radical (unpaired) electrons. The Labute approximate surface area is 140 Å². The summed E-state index contributed by atoms with van der Waals surface area (Å²) in [6.45, 7) is 5.33. The molecule has 24 heavy (non-hydrogen) atoms. The highest BCUT2D eigenvalue weighted by Gasteiger charge is 2.32. The van der Waals surface area contributed by atoms with E-state index in [1.54, 1.807) is 32.9 Å². The van der Waals surface area contributed by atoms with Crippen LogP contribution in [0.25, 0.3) is 0 Å². The lowest BCUT2D eigenvalue weighted by Crippen LogP contribution is -2.18. The van der Waals surface area contributed by atoms with E-state index >= 15 is 0 Å². The Bertz CT molecular complexity index is 790. The van der Waals surface area contributed by atoms with Crippen molar-refractivity contribution < 1.29 is 18.7 Å². The van der Waals surface area contributed by atoms with Gasteiger partial charge in [-0.25, -0.2) is 9.18 Å². The number of esters is 1. The highest BCUT2D eigenvalue weighted by molar-refractivity contribution is 6.03. The van der Waals surface area contributed by atoms with Gasteiger partial charge in [0.1, 0.15) is 11.5 Å². The van der Waals surface area contributed by atoms with Crippen LogP contribution in [-0.4, -0.2) is 22.8 Å². The third kappa shape index (κ3) is 2.98. The smallest absolute Gasteiger partial charge is 0.355 e. The molecule has 1 aromatic carbocycles. The minimum Gasteiger partial charge on any atom is -0.458 e. The highest BCUT2D eigenvalue weighted by atomic mass is 19.1. The summed E-state index contributed by atoms with van der Waals surface area (Å²) in [6, 6.07) is 6.23. The van der Waals surface area contributed by atoms with Crippen LogP contribution in [0.3, 0.4) is 0 Å². The molecule has 0 unspecified atom stereocenters. The Morgan fingerprint density at radius 3 is 2.54 bits per heavy atom. The number of rotatable bonds is 3. The first kappa shape index (κ1) is 16.4. The van der Waals surface area contributed by atoms with Gasteiger partial charge in [0.05, 0.1) is 6.10 Å². The van der Waals surface area contributed by atoms with E-state index in [9.17, 15) is 14.0 Å². The number of hydrogen-bond acceptors (Lipinski definition) is 3. The monoisotopic (exact) mass is 329 g/mol. The topological polar surface area (TPSA) is 59.2 Å². The third-order valence-corrected chi connectivity index (χ3v) is 4.38. The zero-order valence-corrected chi connectivity index (χ0v) is 14.0. The lowest BCUT2D eigenvalue weighted by atomic mass is 9.81. The molecule has 5 heteroatoms. The largest absolute Gasteiger partial charge is 0.458 e. The number of hydrogen-bond donors (Lipinski definition) is 1. The van der Waals surface area contributed by atoms with E-state index in [1.807, 2.05) is 0 Å². The number of halogens is 1. The molecule has 0 aliphatic heterocycles. The molecular formula is C19H20FNO3. The molecule has 0 spiro atoms. The molecule has 126 valence electrons. The number of H-pyrrole nitrogens is 1. The molecular weight excluding hydrogens is 309 g/mol. The number of carbonyl (C=O) groups excluding carboxylic acids is 2. The molecule has 1 aromatic heterocycles. The van der Waals surface area contributed by atoms with Crippen molar-refractivity contribution in [2.24, 2.45) is 0 Å². The van der Waals surface area contributed by atoms with Gasteiger partial charge in [-0.15, -0.1) is 0 Å². The summed E-state index contributed by atoms with van der Waals surface area (Å²) in [4.78, 5) is 27.8. The van der Waals surface area contributed by atoms with Crippen LogP contribution in [0.4, 0.5) is 4.39 Å². The second-order valence-corrected chi connectivity index (χ2v) is 6.51. The molecule has 1 atom stereocenters. The van der Waals surface area contributed by atoms with E-state index in [4.69, 9.17) is 4.74 Å². The van der Waals surface area contributed by atoms with Crippen molar-refractivity contribution in [2.75, 3.05) is 0 Å². The van der Waals surface area contributed by atoms with Gasteiger partial charge < -0.3 is 9.72 Å². The van der Waals surface area contributed by atoms with Gasteiger partial charge >= 0.3 is 5.97 Å². The van der Waals surface area contributed by atoms with Crippen LogP contribution in [0, 0.1) is 12.7 Å². The van der Waals surface area contributed by atoms with Gasteiger partial charge in [0.15, 0.2) is 5.78 Å². The van der Waals surface area contributed by atoms with Crippen molar-refractivity contribution >= 4 is 11.8 Å². The SMILES string of the molecule is Cc1c(C(=O)OC(C)C)[nH]c2c1C(=O)C[C@@H](c1ccc(F)cc1)C2. The third-order valence-electron chi connectivity index (χ3n) is 4.38. The van der Waals surface area contributed by atoms with Crippen LogP contribution in [0.5, 0.6) is 0 Å². The number of Topliss-reactive ketones (excluding diaryl/α,β-unsaturated/α-hetero) is 1. The van der Waals surface area contributed by atoms with Crippen molar-refractivity contribution in [1.29, 1.82) is 0 Å². The molecule has 0 saturated carbocycles. The van der Waals surface area contributed by atoms with Gasteiger partial charge in [-0.05, 0) is 56.4 Å². The number of nitrogens with one attached hydrogen (secondary N) is 1. The average molecular weight is 329 g/mol. The van der Waals surface area contributed by atoms with Crippen molar-refractivity contribution in [3.8, 4) is 0 Å². The fourth-order valence-electron chi connectivity index (χ4n) is 3.28. The molecule has 1 heterocycles. The molecule has 1 aliphatic carbocycles. The van der Waals surface area contributed by atoms with Crippen LogP contribution in [0.1, 0.15) is 63.9 Å². The molecule has 2 aromatic rings. The minimum atomic E-state index is -0.442. The van der Waals surface area contributed by atoms with Crippen LogP contribution >= 0.6 is 0 Å². The fraction of sp³-hybridized carbons (Fsp3) is 0.368. The first-order valence-electron chi connectivity index (χ1n) is 8.08. The lowest BCUT2D eigenvalue weighted by molar-refractivity contribution is 0.0370. The lowest BCUT2D eigenvalue weighted by Gasteiger charge is -2.22. The maximum atomic E-state index is 13.1. The molecule has 1 aliphatic rings. The Hall–Kier alpha value is -2.43.